The molecule has 3 amide bonds. The van der Waals surface area contributed by atoms with Crippen molar-refractivity contribution in [2.24, 2.45) is 11.7 Å². The van der Waals surface area contributed by atoms with Gasteiger partial charge in [0, 0.05) is 0 Å². The highest BCUT2D eigenvalue weighted by atomic mass is 16.4. The van der Waals surface area contributed by atoms with E-state index in [1.54, 1.807) is 6.92 Å². The predicted molar refractivity (Wildman–Crippen MR) is 102 cm³/mol. The molecule has 0 heterocycles. The Morgan fingerprint density at radius 1 is 0.900 bits per heavy atom. The summed E-state index contributed by atoms with van der Waals surface area (Å²) >= 11 is 0. The monoisotopic (exact) mass is 434 g/mol. The molecule has 0 aromatic rings. The Labute approximate surface area is 173 Å². The average Bonchev–Trinajstić information content (AvgIpc) is 2.66. The molecule has 13 heteroatoms. The van der Waals surface area contributed by atoms with Crippen LogP contribution in [0.5, 0.6) is 0 Å². The molecule has 0 aliphatic heterocycles. The van der Waals surface area contributed by atoms with Crippen molar-refractivity contribution in [1.82, 2.24) is 16.0 Å². The first-order valence-corrected chi connectivity index (χ1v) is 9.25. The van der Waals surface area contributed by atoms with Gasteiger partial charge in [0.25, 0.3) is 0 Å². The van der Waals surface area contributed by atoms with Crippen LogP contribution in [-0.4, -0.2) is 87.0 Å². The zero-order chi connectivity index (χ0) is 23.6. The summed E-state index contributed by atoms with van der Waals surface area (Å²) < 4.78 is 0. The number of aliphatic hydroxyl groups is 2. The maximum absolute atomic E-state index is 12.4. The number of carbonyl (C=O) groups excluding carboxylic acids is 3. The molecule has 0 aliphatic carbocycles. The summed E-state index contributed by atoms with van der Waals surface area (Å²) in [5.41, 5.74) is 5.76. The van der Waals surface area contributed by atoms with Gasteiger partial charge >= 0.3 is 11.9 Å². The molecule has 0 saturated carbocycles. The SMILES string of the molecule is CCC(C)C(N)C(=O)NC(CO)C(=O)NC(C(=O)NC(CC(=O)O)C(=O)O)C(C)O. The Hall–Kier alpha value is -2.77. The standard InChI is InChI=1S/C17H30N4O9/c1-4-7(2)12(18)15(27)20-10(6-22)14(26)21-13(8(3)23)16(28)19-9(17(29)30)5-11(24)25/h7-10,12-13,22-23H,4-6,18H2,1-3H3,(H,19,28)(H,20,27)(H,21,26)(H,24,25)(H,29,30). The lowest BCUT2D eigenvalue weighted by Gasteiger charge is -2.26. The van der Waals surface area contributed by atoms with Crippen molar-refractivity contribution in [3.63, 3.8) is 0 Å². The third-order valence-electron chi connectivity index (χ3n) is 4.43. The molecule has 0 saturated heterocycles. The van der Waals surface area contributed by atoms with E-state index in [2.05, 4.69) is 10.6 Å². The van der Waals surface area contributed by atoms with Crippen LogP contribution >= 0.6 is 0 Å². The molecule has 30 heavy (non-hydrogen) atoms. The molecule has 0 rings (SSSR count). The minimum Gasteiger partial charge on any atom is -0.481 e. The number of hydrogen-bond acceptors (Lipinski definition) is 8. The highest BCUT2D eigenvalue weighted by Crippen LogP contribution is 2.06. The quantitative estimate of drug-likeness (QED) is 0.144. The van der Waals surface area contributed by atoms with Crippen LogP contribution in [0.2, 0.25) is 0 Å². The Kier molecular flexibility index (Phi) is 11.5. The molecule has 0 radical (unpaired) electrons. The molecule has 0 aliphatic rings. The van der Waals surface area contributed by atoms with Crippen molar-refractivity contribution in [3.8, 4) is 0 Å². The number of carbonyl (C=O) groups is 5. The van der Waals surface area contributed by atoms with Crippen LogP contribution in [0, 0.1) is 5.92 Å². The number of amides is 3. The average molecular weight is 434 g/mol. The maximum Gasteiger partial charge on any atom is 0.326 e. The minimum atomic E-state index is -1.80. The fraction of sp³-hybridized carbons (Fsp3) is 0.706. The molecule has 172 valence electrons. The van der Waals surface area contributed by atoms with Gasteiger partial charge < -0.3 is 42.1 Å². The Morgan fingerprint density at radius 3 is 1.83 bits per heavy atom. The van der Waals surface area contributed by atoms with Crippen molar-refractivity contribution in [2.45, 2.75) is 63.9 Å². The van der Waals surface area contributed by atoms with E-state index in [-0.39, 0.29) is 5.92 Å². The molecule has 0 aromatic carbocycles. The van der Waals surface area contributed by atoms with E-state index in [1.165, 1.54) is 0 Å². The normalized spacial score (nSPS) is 16.9. The number of carboxylic acid groups (broad SMARTS) is 2. The lowest BCUT2D eigenvalue weighted by molar-refractivity contribution is -0.148. The third-order valence-corrected chi connectivity index (χ3v) is 4.43. The first-order valence-electron chi connectivity index (χ1n) is 9.25. The molecule has 13 nitrogen and oxygen atoms in total. The lowest BCUT2D eigenvalue weighted by Crippen LogP contribution is -2.61. The summed E-state index contributed by atoms with van der Waals surface area (Å²) in [7, 11) is 0. The van der Waals surface area contributed by atoms with Gasteiger partial charge in [-0.1, -0.05) is 20.3 Å². The van der Waals surface area contributed by atoms with Crippen LogP contribution in [-0.2, 0) is 24.0 Å². The zero-order valence-electron chi connectivity index (χ0n) is 17.0. The minimum absolute atomic E-state index is 0.203. The van der Waals surface area contributed by atoms with E-state index in [4.69, 9.17) is 15.9 Å². The van der Waals surface area contributed by atoms with Gasteiger partial charge in [-0.25, -0.2) is 4.79 Å². The maximum atomic E-state index is 12.4. The van der Waals surface area contributed by atoms with Gasteiger partial charge in [0.05, 0.1) is 25.2 Å². The fourth-order valence-electron chi connectivity index (χ4n) is 2.27. The molecule has 0 fully saturated rings. The van der Waals surface area contributed by atoms with Crippen LogP contribution in [0.3, 0.4) is 0 Å². The van der Waals surface area contributed by atoms with E-state index < -0.39 is 73.0 Å². The van der Waals surface area contributed by atoms with Crippen molar-refractivity contribution >= 4 is 29.7 Å². The van der Waals surface area contributed by atoms with Crippen molar-refractivity contribution in [3.05, 3.63) is 0 Å². The van der Waals surface area contributed by atoms with Crippen LogP contribution in [0.15, 0.2) is 0 Å². The van der Waals surface area contributed by atoms with E-state index in [9.17, 15) is 34.2 Å². The van der Waals surface area contributed by atoms with E-state index in [0.29, 0.717) is 6.42 Å². The Morgan fingerprint density at radius 2 is 1.43 bits per heavy atom. The summed E-state index contributed by atoms with van der Waals surface area (Å²) in [5.74, 6) is -6.21. The first-order chi connectivity index (χ1) is 13.8. The number of carboxylic acids is 2. The van der Waals surface area contributed by atoms with E-state index in [1.807, 2.05) is 12.2 Å². The fourth-order valence-corrected chi connectivity index (χ4v) is 2.27. The summed E-state index contributed by atoms with van der Waals surface area (Å²) in [6.07, 6.45) is -1.84. The zero-order valence-corrected chi connectivity index (χ0v) is 17.0. The van der Waals surface area contributed by atoms with Crippen LogP contribution in [0.4, 0.5) is 0 Å². The van der Waals surface area contributed by atoms with Crippen LogP contribution < -0.4 is 21.7 Å². The highest BCUT2D eigenvalue weighted by molar-refractivity contribution is 5.95. The topological polar surface area (TPSA) is 228 Å². The van der Waals surface area contributed by atoms with Crippen molar-refractivity contribution in [2.75, 3.05) is 6.61 Å². The molecule has 0 aromatic heterocycles. The van der Waals surface area contributed by atoms with Crippen LogP contribution in [0.25, 0.3) is 0 Å². The number of aliphatic carboxylic acids is 2. The van der Waals surface area contributed by atoms with Gasteiger partial charge in [0.2, 0.25) is 17.7 Å². The molecule has 9 N–H and O–H groups in total. The van der Waals surface area contributed by atoms with Gasteiger partial charge in [-0.3, -0.25) is 19.2 Å². The van der Waals surface area contributed by atoms with E-state index in [0.717, 1.165) is 6.92 Å². The number of aliphatic hydroxyl groups excluding tert-OH is 2. The number of nitrogens with one attached hydrogen (secondary N) is 3. The second-order valence-corrected chi connectivity index (χ2v) is 6.88. The summed E-state index contributed by atoms with van der Waals surface area (Å²) in [4.78, 5) is 58.6. The number of hydrogen-bond donors (Lipinski definition) is 8. The molecule has 0 spiro atoms. The Bertz CT molecular complexity index is 641. The molecule has 0 bridgehead atoms. The molecular weight excluding hydrogens is 404 g/mol. The van der Waals surface area contributed by atoms with E-state index >= 15 is 0 Å². The smallest absolute Gasteiger partial charge is 0.326 e. The van der Waals surface area contributed by atoms with Crippen LogP contribution in [0.1, 0.15) is 33.6 Å². The summed E-state index contributed by atoms with van der Waals surface area (Å²) in [5, 5.41) is 43.1. The highest BCUT2D eigenvalue weighted by Gasteiger charge is 2.33. The van der Waals surface area contributed by atoms with Gasteiger partial charge in [0.15, 0.2) is 0 Å². The lowest BCUT2D eigenvalue weighted by atomic mass is 9.99. The number of rotatable bonds is 13. The third kappa shape index (κ3) is 8.71. The molecule has 6 unspecified atom stereocenters. The first kappa shape index (κ1) is 27.2. The second-order valence-electron chi connectivity index (χ2n) is 6.88. The molecular formula is C17H30N4O9. The predicted octanol–water partition coefficient (Wildman–Crippen LogP) is -3.25. The molecule has 6 atom stereocenters. The number of nitrogens with two attached hydrogens (primary N) is 1. The Balaban J connectivity index is 5.23. The van der Waals surface area contributed by atoms with Gasteiger partial charge in [-0.2, -0.15) is 0 Å². The van der Waals surface area contributed by atoms with Crippen molar-refractivity contribution in [1.29, 1.82) is 0 Å². The van der Waals surface area contributed by atoms with Gasteiger partial charge in [0.1, 0.15) is 18.1 Å². The van der Waals surface area contributed by atoms with Gasteiger partial charge in [-0.05, 0) is 12.8 Å². The largest absolute Gasteiger partial charge is 0.481 e. The second kappa shape index (κ2) is 12.7. The van der Waals surface area contributed by atoms with Gasteiger partial charge in [-0.15, -0.1) is 0 Å². The van der Waals surface area contributed by atoms with Crippen molar-refractivity contribution < 1.29 is 44.4 Å². The summed E-state index contributed by atoms with van der Waals surface area (Å²) in [6.45, 7) is 3.83. The summed E-state index contributed by atoms with van der Waals surface area (Å²) in [6, 6.07) is -5.91.